The van der Waals surface area contributed by atoms with Crippen LogP contribution in [0.25, 0.3) is 5.69 Å². The first kappa shape index (κ1) is 19.3. The van der Waals surface area contributed by atoms with Crippen molar-refractivity contribution in [1.82, 2.24) is 19.9 Å². The van der Waals surface area contributed by atoms with Gasteiger partial charge in [-0.05, 0) is 29.8 Å². The van der Waals surface area contributed by atoms with Gasteiger partial charge in [-0.15, -0.1) is 5.10 Å². The van der Waals surface area contributed by atoms with E-state index < -0.39 is 6.10 Å². The number of nitrogens with zero attached hydrogens (tertiary/aromatic N) is 4. The molecule has 4 rings (SSSR count). The Labute approximate surface area is 168 Å². The van der Waals surface area contributed by atoms with Gasteiger partial charge in [0.2, 0.25) is 0 Å². The van der Waals surface area contributed by atoms with E-state index in [0.717, 1.165) is 18.8 Å². The SMILES string of the molecule is O=C(Nc1ccc(-n2cc(CO)nn2)cc1)C1CN(Cc2ccccc2)CCO1. The van der Waals surface area contributed by atoms with Crippen molar-refractivity contribution in [2.24, 2.45) is 0 Å². The molecule has 2 N–H and O–H groups in total. The second-order valence-electron chi connectivity index (χ2n) is 6.93. The Morgan fingerprint density at radius 3 is 2.69 bits per heavy atom. The Morgan fingerprint density at radius 2 is 1.97 bits per heavy atom. The summed E-state index contributed by atoms with van der Waals surface area (Å²) in [5, 5.41) is 19.8. The topological polar surface area (TPSA) is 92.5 Å². The number of amides is 1. The highest BCUT2D eigenvalue weighted by molar-refractivity contribution is 5.94. The van der Waals surface area contributed by atoms with Crippen molar-refractivity contribution in [1.29, 1.82) is 0 Å². The molecule has 1 saturated heterocycles. The standard InChI is InChI=1S/C21H23N5O3/c27-15-18-13-26(24-23-18)19-8-6-17(7-9-19)22-21(28)20-14-25(10-11-29-20)12-16-4-2-1-3-5-16/h1-9,13,20,27H,10-12,14-15H2,(H,22,28). The van der Waals surface area contributed by atoms with Gasteiger partial charge >= 0.3 is 0 Å². The lowest BCUT2D eigenvalue weighted by molar-refractivity contribution is -0.133. The molecule has 1 amide bonds. The number of hydrogen-bond acceptors (Lipinski definition) is 6. The molecule has 0 spiro atoms. The number of morpholine rings is 1. The van der Waals surface area contributed by atoms with E-state index in [1.807, 2.05) is 30.3 Å². The van der Waals surface area contributed by atoms with Crippen LogP contribution < -0.4 is 5.32 Å². The third-order valence-electron chi connectivity index (χ3n) is 4.79. The molecule has 8 nitrogen and oxygen atoms in total. The van der Waals surface area contributed by atoms with Gasteiger partial charge in [0.25, 0.3) is 5.91 Å². The zero-order chi connectivity index (χ0) is 20.1. The monoisotopic (exact) mass is 393 g/mol. The van der Waals surface area contributed by atoms with E-state index in [1.165, 1.54) is 5.56 Å². The second kappa shape index (κ2) is 8.95. The van der Waals surface area contributed by atoms with Crippen LogP contribution in [0, 0.1) is 0 Å². The van der Waals surface area contributed by atoms with Gasteiger partial charge in [-0.3, -0.25) is 9.69 Å². The largest absolute Gasteiger partial charge is 0.390 e. The van der Waals surface area contributed by atoms with Crippen molar-refractivity contribution in [3.8, 4) is 5.69 Å². The summed E-state index contributed by atoms with van der Waals surface area (Å²) in [5.74, 6) is -0.154. The highest BCUT2D eigenvalue weighted by atomic mass is 16.5. The molecule has 1 fully saturated rings. The van der Waals surface area contributed by atoms with Crippen molar-refractivity contribution in [2.45, 2.75) is 19.3 Å². The normalized spacial score (nSPS) is 17.2. The molecule has 0 aliphatic carbocycles. The predicted octanol–water partition coefficient (Wildman–Crippen LogP) is 1.60. The van der Waals surface area contributed by atoms with Crippen LogP contribution in [-0.4, -0.2) is 56.7 Å². The first-order chi connectivity index (χ1) is 14.2. The zero-order valence-corrected chi connectivity index (χ0v) is 15.9. The number of rotatable bonds is 6. The summed E-state index contributed by atoms with van der Waals surface area (Å²) in [7, 11) is 0. The maximum absolute atomic E-state index is 12.6. The molecular formula is C21H23N5O3. The molecule has 29 heavy (non-hydrogen) atoms. The number of benzene rings is 2. The van der Waals surface area contributed by atoms with Crippen LogP contribution in [0.5, 0.6) is 0 Å². The Hall–Kier alpha value is -3.07. The van der Waals surface area contributed by atoms with Crippen LogP contribution in [0.4, 0.5) is 5.69 Å². The molecule has 1 aliphatic heterocycles. The molecule has 0 radical (unpaired) electrons. The van der Waals surface area contributed by atoms with Crippen molar-refractivity contribution in [3.63, 3.8) is 0 Å². The lowest BCUT2D eigenvalue weighted by Crippen LogP contribution is -2.47. The number of aromatic nitrogens is 3. The number of carbonyl (C=O) groups excluding carboxylic acids is 1. The maximum atomic E-state index is 12.6. The smallest absolute Gasteiger partial charge is 0.254 e. The van der Waals surface area contributed by atoms with Gasteiger partial charge in [0.1, 0.15) is 11.8 Å². The molecule has 2 heterocycles. The molecular weight excluding hydrogens is 370 g/mol. The van der Waals surface area contributed by atoms with E-state index in [0.29, 0.717) is 24.5 Å². The Morgan fingerprint density at radius 1 is 1.17 bits per heavy atom. The number of aliphatic hydroxyl groups is 1. The summed E-state index contributed by atoms with van der Waals surface area (Å²) in [4.78, 5) is 14.9. The summed E-state index contributed by atoms with van der Waals surface area (Å²) in [6.45, 7) is 2.54. The number of nitrogens with one attached hydrogen (secondary N) is 1. The van der Waals surface area contributed by atoms with Crippen LogP contribution >= 0.6 is 0 Å². The first-order valence-corrected chi connectivity index (χ1v) is 9.52. The summed E-state index contributed by atoms with van der Waals surface area (Å²) in [6, 6.07) is 17.5. The zero-order valence-electron chi connectivity index (χ0n) is 15.9. The molecule has 1 aromatic heterocycles. The van der Waals surface area contributed by atoms with Gasteiger partial charge in [0, 0.05) is 25.3 Å². The van der Waals surface area contributed by atoms with E-state index in [9.17, 15) is 4.79 Å². The summed E-state index contributed by atoms with van der Waals surface area (Å²) < 4.78 is 7.26. The van der Waals surface area contributed by atoms with Crippen LogP contribution in [0.2, 0.25) is 0 Å². The molecule has 8 heteroatoms. The fourth-order valence-electron chi connectivity index (χ4n) is 3.26. The van der Waals surface area contributed by atoms with Crippen LogP contribution in [-0.2, 0) is 22.7 Å². The van der Waals surface area contributed by atoms with Gasteiger partial charge in [-0.25, -0.2) is 4.68 Å². The summed E-state index contributed by atoms with van der Waals surface area (Å²) >= 11 is 0. The Balaban J connectivity index is 1.34. The Bertz CT molecular complexity index is 942. The van der Waals surface area contributed by atoms with Gasteiger partial charge in [0.05, 0.1) is 25.1 Å². The van der Waals surface area contributed by atoms with E-state index >= 15 is 0 Å². The van der Waals surface area contributed by atoms with Crippen molar-refractivity contribution in [2.75, 3.05) is 25.0 Å². The summed E-state index contributed by atoms with van der Waals surface area (Å²) in [5.41, 5.74) is 3.20. The number of ether oxygens (including phenoxy) is 1. The van der Waals surface area contributed by atoms with Gasteiger partial charge in [-0.1, -0.05) is 35.5 Å². The number of aliphatic hydroxyl groups excluding tert-OH is 1. The van der Waals surface area contributed by atoms with E-state index in [2.05, 4.69) is 32.7 Å². The van der Waals surface area contributed by atoms with Crippen LogP contribution in [0.3, 0.4) is 0 Å². The third kappa shape index (κ3) is 4.86. The van der Waals surface area contributed by atoms with Gasteiger partial charge in [-0.2, -0.15) is 0 Å². The predicted molar refractivity (Wildman–Crippen MR) is 107 cm³/mol. The molecule has 0 bridgehead atoms. The molecule has 3 aromatic rings. The minimum Gasteiger partial charge on any atom is -0.390 e. The quantitative estimate of drug-likeness (QED) is 0.661. The fourth-order valence-corrected chi connectivity index (χ4v) is 3.26. The molecule has 150 valence electrons. The van der Waals surface area contributed by atoms with Crippen LogP contribution in [0.15, 0.2) is 60.8 Å². The lowest BCUT2D eigenvalue weighted by Gasteiger charge is -2.32. The number of anilines is 1. The average Bonchev–Trinajstić information content (AvgIpc) is 3.24. The lowest BCUT2D eigenvalue weighted by atomic mass is 10.2. The highest BCUT2D eigenvalue weighted by Crippen LogP contribution is 2.16. The van der Waals surface area contributed by atoms with Crippen molar-refractivity contribution < 1.29 is 14.6 Å². The number of hydrogen-bond donors (Lipinski definition) is 2. The van der Waals surface area contributed by atoms with E-state index in [4.69, 9.17) is 9.84 Å². The number of carbonyl (C=O) groups is 1. The molecule has 1 aliphatic rings. The fraction of sp³-hybridized carbons (Fsp3) is 0.286. The average molecular weight is 393 g/mol. The molecule has 1 atom stereocenters. The minimum atomic E-state index is -0.505. The van der Waals surface area contributed by atoms with Gasteiger partial charge < -0.3 is 15.2 Å². The molecule has 2 aromatic carbocycles. The molecule has 0 saturated carbocycles. The second-order valence-corrected chi connectivity index (χ2v) is 6.93. The first-order valence-electron chi connectivity index (χ1n) is 9.52. The van der Waals surface area contributed by atoms with Crippen LogP contribution in [0.1, 0.15) is 11.3 Å². The third-order valence-corrected chi connectivity index (χ3v) is 4.79. The molecule has 1 unspecified atom stereocenters. The summed E-state index contributed by atoms with van der Waals surface area (Å²) in [6.07, 6.45) is 1.15. The van der Waals surface area contributed by atoms with Gasteiger partial charge in [0.15, 0.2) is 0 Å². The highest BCUT2D eigenvalue weighted by Gasteiger charge is 2.26. The van der Waals surface area contributed by atoms with E-state index in [1.54, 1.807) is 23.0 Å². The minimum absolute atomic E-state index is 0.154. The maximum Gasteiger partial charge on any atom is 0.254 e. The van der Waals surface area contributed by atoms with Crippen molar-refractivity contribution in [3.05, 3.63) is 72.1 Å². The Kier molecular flexibility index (Phi) is 5.95. The van der Waals surface area contributed by atoms with E-state index in [-0.39, 0.29) is 12.5 Å². The van der Waals surface area contributed by atoms with Crippen molar-refractivity contribution >= 4 is 11.6 Å².